The van der Waals surface area contributed by atoms with Crippen LogP contribution in [0.15, 0.2) is 59.8 Å². The molecule has 0 saturated carbocycles. The van der Waals surface area contributed by atoms with Crippen LogP contribution in [-0.4, -0.2) is 40.6 Å². The van der Waals surface area contributed by atoms with E-state index in [0.29, 0.717) is 12.0 Å². The molecule has 3 aromatic rings. The fraction of sp³-hybridized carbons (Fsp3) is 0.300. The normalized spacial score (nSPS) is 13.1. The molecule has 0 fully saturated rings. The Kier molecular flexibility index (Phi) is 5.43. The second-order valence-corrected chi connectivity index (χ2v) is 8.64. The number of benzene rings is 1. The van der Waals surface area contributed by atoms with Crippen LogP contribution in [0.25, 0.3) is 11.3 Å². The highest BCUT2D eigenvalue weighted by Gasteiger charge is 2.29. The van der Waals surface area contributed by atoms with E-state index in [4.69, 9.17) is 0 Å². The van der Waals surface area contributed by atoms with Crippen molar-refractivity contribution in [1.82, 2.24) is 19.1 Å². The Morgan fingerprint density at radius 3 is 2.52 bits per heavy atom. The van der Waals surface area contributed by atoms with Gasteiger partial charge in [0, 0.05) is 50.2 Å². The Morgan fingerprint density at radius 2 is 1.85 bits per heavy atom. The molecule has 0 amide bonds. The maximum atomic E-state index is 13.4. The Hall–Kier alpha value is -2.51. The fourth-order valence-corrected chi connectivity index (χ4v) is 4.63. The van der Waals surface area contributed by atoms with Gasteiger partial charge in [0.25, 0.3) is 0 Å². The molecule has 2 heterocycles. The smallest absolute Gasteiger partial charge is 0.243 e. The van der Waals surface area contributed by atoms with Crippen molar-refractivity contribution in [3.63, 3.8) is 0 Å². The third kappa shape index (κ3) is 3.79. The molecule has 0 saturated heterocycles. The lowest BCUT2D eigenvalue weighted by molar-refractivity contribution is 0.384. The summed E-state index contributed by atoms with van der Waals surface area (Å²) in [5.74, 6) is 0. The number of hydrogen-bond donors (Lipinski definition) is 0. The van der Waals surface area contributed by atoms with Gasteiger partial charge in [0.1, 0.15) is 0 Å². The molecule has 1 aromatic carbocycles. The molecule has 1 unspecified atom stereocenters. The van der Waals surface area contributed by atoms with Gasteiger partial charge in [-0.05, 0) is 37.6 Å². The SMILES string of the molecule is Cc1cccnc1CC(C)N(C)S(=O)(=O)c1ccccc1-c1ccnn1C. The molecule has 0 bridgehead atoms. The van der Waals surface area contributed by atoms with Gasteiger partial charge >= 0.3 is 0 Å². The molecule has 0 aliphatic heterocycles. The summed E-state index contributed by atoms with van der Waals surface area (Å²) in [4.78, 5) is 4.67. The Balaban J connectivity index is 1.95. The van der Waals surface area contributed by atoms with E-state index in [1.165, 1.54) is 4.31 Å². The monoisotopic (exact) mass is 384 g/mol. The summed E-state index contributed by atoms with van der Waals surface area (Å²) >= 11 is 0. The van der Waals surface area contributed by atoms with E-state index in [2.05, 4.69) is 10.1 Å². The van der Waals surface area contributed by atoms with Crippen LogP contribution in [0.3, 0.4) is 0 Å². The molecule has 0 aliphatic rings. The van der Waals surface area contributed by atoms with Crippen molar-refractivity contribution in [2.24, 2.45) is 7.05 Å². The highest BCUT2D eigenvalue weighted by Crippen LogP contribution is 2.29. The Bertz CT molecular complexity index is 1040. The lowest BCUT2D eigenvalue weighted by Gasteiger charge is -2.25. The van der Waals surface area contributed by atoms with Gasteiger partial charge in [0.15, 0.2) is 0 Å². The van der Waals surface area contributed by atoms with Gasteiger partial charge in [-0.2, -0.15) is 9.40 Å². The average Bonchev–Trinajstić information content (AvgIpc) is 3.08. The second kappa shape index (κ2) is 7.62. The molecular weight excluding hydrogens is 360 g/mol. The number of aryl methyl sites for hydroxylation is 2. The summed E-state index contributed by atoms with van der Waals surface area (Å²) < 4.78 is 29.8. The summed E-state index contributed by atoms with van der Waals surface area (Å²) in [5, 5.41) is 4.16. The van der Waals surface area contributed by atoms with Gasteiger partial charge < -0.3 is 0 Å². The van der Waals surface area contributed by atoms with Crippen LogP contribution in [0.2, 0.25) is 0 Å². The van der Waals surface area contributed by atoms with Crippen LogP contribution in [0, 0.1) is 6.92 Å². The summed E-state index contributed by atoms with van der Waals surface area (Å²) in [5.41, 5.74) is 3.37. The molecule has 6 nitrogen and oxygen atoms in total. The first-order valence-electron chi connectivity index (χ1n) is 8.78. The van der Waals surface area contributed by atoms with E-state index >= 15 is 0 Å². The van der Waals surface area contributed by atoms with Crippen molar-refractivity contribution in [2.45, 2.75) is 31.2 Å². The maximum Gasteiger partial charge on any atom is 0.243 e. The minimum Gasteiger partial charge on any atom is -0.268 e. The van der Waals surface area contributed by atoms with E-state index in [-0.39, 0.29) is 10.9 Å². The van der Waals surface area contributed by atoms with Crippen LogP contribution < -0.4 is 0 Å². The van der Waals surface area contributed by atoms with Crippen LogP contribution >= 0.6 is 0 Å². The van der Waals surface area contributed by atoms with Crippen molar-refractivity contribution in [2.75, 3.05) is 7.05 Å². The summed E-state index contributed by atoms with van der Waals surface area (Å²) in [6.07, 6.45) is 3.95. The lowest BCUT2D eigenvalue weighted by atomic mass is 10.1. The number of nitrogens with zero attached hydrogens (tertiary/aromatic N) is 4. The second-order valence-electron chi connectivity index (χ2n) is 6.68. The summed E-state index contributed by atoms with van der Waals surface area (Å²) in [6, 6.07) is 12.5. The van der Waals surface area contributed by atoms with Crippen molar-refractivity contribution in [1.29, 1.82) is 0 Å². The zero-order valence-electron chi connectivity index (χ0n) is 16.0. The first kappa shape index (κ1) is 19.3. The molecule has 142 valence electrons. The van der Waals surface area contributed by atoms with Gasteiger partial charge in [-0.3, -0.25) is 9.67 Å². The van der Waals surface area contributed by atoms with Gasteiger partial charge in [-0.15, -0.1) is 0 Å². The third-order valence-electron chi connectivity index (χ3n) is 4.87. The molecular formula is C20H24N4O2S. The minimum atomic E-state index is -3.68. The number of likely N-dealkylation sites (N-methyl/N-ethyl adjacent to an activating group) is 1. The molecule has 27 heavy (non-hydrogen) atoms. The van der Waals surface area contributed by atoms with Crippen molar-refractivity contribution >= 4 is 10.0 Å². The topological polar surface area (TPSA) is 68.1 Å². The minimum absolute atomic E-state index is 0.233. The number of hydrogen-bond acceptors (Lipinski definition) is 4. The lowest BCUT2D eigenvalue weighted by Crippen LogP contribution is -2.37. The number of rotatable bonds is 6. The van der Waals surface area contributed by atoms with Crippen LogP contribution in [0.1, 0.15) is 18.2 Å². The van der Waals surface area contributed by atoms with E-state index in [9.17, 15) is 8.42 Å². The van der Waals surface area contributed by atoms with Crippen molar-refractivity contribution in [3.05, 3.63) is 66.1 Å². The van der Waals surface area contributed by atoms with E-state index in [1.54, 1.807) is 43.3 Å². The predicted molar refractivity (Wildman–Crippen MR) is 106 cm³/mol. The fourth-order valence-electron chi connectivity index (χ4n) is 3.07. The highest BCUT2D eigenvalue weighted by atomic mass is 32.2. The van der Waals surface area contributed by atoms with E-state index in [1.807, 2.05) is 44.2 Å². The highest BCUT2D eigenvalue weighted by molar-refractivity contribution is 7.89. The van der Waals surface area contributed by atoms with Gasteiger partial charge in [0.2, 0.25) is 10.0 Å². The van der Waals surface area contributed by atoms with Crippen molar-refractivity contribution < 1.29 is 8.42 Å². The average molecular weight is 385 g/mol. The molecule has 0 spiro atoms. The maximum absolute atomic E-state index is 13.4. The predicted octanol–water partition coefficient (Wildman–Crippen LogP) is 3.04. The Morgan fingerprint density at radius 1 is 1.11 bits per heavy atom. The molecule has 3 rings (SSSR count). The van der Waals surface area contributed by atoms with Crippen LogP contribution in [-0.2, 0) is 23.5 Å². The third-order valence-corrected chi connectivity index (χ3v) is 6.90. The molecule has 0 aliphatic carbocycles. The first-order chi connectivity index (χ1) is 12.8. The molecule has 7 heteroatoms. The molecule has 0 N–H and O–H groups in total. The standard InChI is InChI=1S/C20H24N4O2S/c1-15-8-7-12-21-18(15)14-16(2)24(4)27(25,26)20-10-6-5-9-17(20)19-11-13-22-23(19)3/h5-13,16H,14H2,1-4H3. The van der Waals surface area contributed by atoms with Gasteiger partial charge in [-0.25, -0.2) is 8.42 Å². The molecule has 0 radical (unpaired) electrons. The molecule has 2 aromatic heterocycles. The van der Waals surface area contributed by atoms with Crippen LogP contribution in [0.4, 0.5) is 0 Å². The number of aromatic nitrogens is 3. The summed E-state index contributed by atoms with van der Waals surface area (Å²) in [7, 11) is -0.256. The quantitative estimate of drug-likeness (QED) is 0.655. The molecule has 1 atom stereocenters. The zero-order valence-corrected chi connectivity index (χ0v) is 16.8. The van der Waals surface area contributed by atoms with Crippen LogP contribution in [0.5, 0.6) is 0 Å². The van der Waals surface area contributed by atoms with Gasteiger partial charge in [0.05, 0.1) is 10.6 Å². The van der Waals surface area contributed by atoms with E-state index < -0.39 is 10.0 Å². The van der Waals surface area contributed by atoms with Crippen molar-refractivity contribution in [3.8, 4) is 11.3 Å². The zero-order chi connectivity index (χ0) is 19.6. The van der Waals surface area contributed by atoms with E-state index in [0.717, 1.165) is 17.0 Å². The summed E-state index contributed by atoms with van der Waals surface area (Å²) in [6.45, 7) is 3.89. The van der Waals surface area contributed by atoms with Gasteiger partial charge in [-0.1, -0.05) is 24.3 Å². The number of sulfonamides is 1. The first-order valence-corrected chi connectivity index (χ1v) is 10.2. The largest absolute Gasteiger partial charge is 0.268 e. The number of pyridine rings is 1. The Labute approximate surface area is 160 Å².